The Bertz CT molecular complexity index is 1090. The van der Waals surface area contributed by atoms with Gasteiger partial charge in [-0.15, -0.1) is 0 Å². The lowest BCUT2D eigenvalue weighted by atomic mass is 10.1. The van der Waals surface area contributed by atoms with Crippen molar-refractivity contribution in [3.8, 4) is 11.8 Å². The van der Waals surface area contributed by atoms with E-state index in [0.717, 1.165) is 16.5 Å². The molecule has 3 N–H and O–H groups in total. The third-order valence-corrected chi connectivity index (χ3v) is 4.49. The minimum absolute atomic E-state index is 0.0481. The van der Waals surface area contributed by atoms with Crippen molar-refractivity contribution in [2.24, 2.45) is 0 Å². The van der Waals surface area contributed by atoms with Crippen molar-refractivity contribution in [2.75, 3.05) is 10.6 Å². The van der Waals surface area contributed by atoms with Crippen molar-refractivity contribution < 1.29 is 9.90 Å². The first-order valence-electron chi connectivity index (χ1n) is 8.46. The fraction of sp³-hybridized carbons (Fsp3) is 0.0909. The zero-order chi connectivity index (χ0) is 19.4. The Hall–Kier alpha value is -3.78. The zero-order valence-electron chi connectivity index (χ0n) is 15.1. The maximum absolute atomic E-state index is 12.5. The van der Waals surface area contributed by atoms with Crippen molar-refractivity contribution in [1.29, 1.82) is 5.26 Å². The van der Waals surface area contributed by atoms with Gasteiger partial charge in [-0.25, -0.2) is 0 Å². The lowest BCUT2D eigenvalue weighted by Crippen LogP contribution is -2.15. The number of amides is 1. The third kappa shape index (κ3) is 3.75. The molecule has 0 aromatic heterocycles. The van der Waals surface area contributed by atoms with E-state index in [-0.39, 0.29) is 11.3 Å². The number of nitrogens with zero attached hydrogens (tertiary/aromatic N) is 1. The minimum Gasteiger partial charge on any atom is -0.507 e. The van der Waals surface area contributed by atoms with Crippen molar-refractivity contribution >= 4 is 28.1 Å². The zero-order valence-corrected chi connectivity index (χ0v) is 15.1. The van der Waals surface area contributed by atoms with E-state index < -0.39 is 5.91 Å². The predicted molar refractivity (Wildman–Crippen MR) is 107 cm³/mol. The summed E-state index contributed by atoms with van der Waals surface area (Å²) < 4.78 is 0. The van der Waals surface area contributed by atoms with Crippen LogP contribution in [0.15, 0.2) is 66.4 Å². The van der Waals surface area contributed by atoms with E-state index in [2.05, 4.69) is 10.6 Å². The number of hydrogen-bond acceptors (Lipinski definition) is 4. The van der Waals surface area contributed by atoms with E-state index in [1.54, 1.807) is 30.3 Å². The molecular weight excluding hydrogens is 338 g/mol. The number of nitriles is 1. The van der Waals surface area contributed by atoms with Crippen LogP contribution >= 0.6 is 0 Å². The Kier molecular flexibility index (Phi) is 5.09. The van der Waals surface area contributed by atoms with Crippen LogP contribution in [0.3, 0.4) is 0 Å². The van der Waals surface area contributed by atoms with Crippen molar-refractivity contribution in [3.63, 3.8) is 0 Å². The second-order valence-corrected chi connectivity index (χ2v) is 6.19. The maximum atomic E-state index is 12.5. The molecule has 3 aromatic rings. The van der Waals surface area contributed by atoms with Crippen molar-refractivity contribution in [2.45, 2.75) is 13.8 Å². The summed E-state index contributed by atoms with van der Waals surface area (Å²) in [7, 11) is 0. The van der Waals surface area contributed by atoms with Crippen LogP contribution in [0.25, 0.3) is 10.8 Å². The molecule has 0 aliphatic rings. The molecule has 0 atom stereocenters. The molecule has 27 heavy (non-hydrogen) atoms. The van der Waals surface area contributed by atoms with E-state index in [1.807, 2.05) is 44.2 Å². The summed E-state index contributed by atoms with van der Waals surface area (Å²) in [4.78, 5) is 12.5. The van der Waals surface area contributed by atoms with Crippen LogP contribution in [0.2, 0.25) is 0 Å². The van der Waals surface area contributed by atoms with Gasteiger partial charge < -0.3 is 15.7 Å². The first-order valence-corrected chi connectivity index (χ1v) is 8.46. The molecular formula is C22H19N3O2. The van der Waals surface area contributed by atoms with Gasteiger partial charge in [-0.05, 0) is 43.2 Å². The van der Waals surface area contributed by atoms with Gasteiger partial charge in [0.1, 0.15) is 17.4 Å². The molecule has 5 heteroatoms. The summed E-state index contributed by atoms with van der Waals surface area (Å²) >= 11 is 0. The number of benzene rings is 3. The Morgan fingerprint density at radius 3 is 2.44 bits per heavy atom. The highest BCUT2D eigenvalue weighted by atomic mass is 16.3. The van der Waals surface area contributed by atoms with Crippen LogP contribution in [0.1, 0.15) is 11.1 Å². The van der Waals surface area contributed by atoms with E-state index in [1.165, 1.54) is 6.20 Å². The molecule has 0 fully saturated rings. The molecule has 0 aliphatic heterocycles. The number of carbonyl (C=O) groups is 1. The van der Waals surface area contributed by atoms with E-state index >= 15 is 0 Å². The van der Waals surface area contributed by atoms with Gasteiger partial charge in [-0.3, -0.25) is 4.79 Å². The van der Waals surface area contributed by atoms with Gasteiger partial charge in [-0.2, -0.15) is 5.26 Å². The smallest absolute Gasteiger partial charge is 0.267 e. The van der Waals surface area contributed by atoms with E-state index in [9.17, 15) is 15.2 Å². The number of aryl methyl sites for hydroxylation is 1. The van der Waals surface area contributed by atoms with Gasteiger partial charge in [-0.1, -0.05) is 36.4 Å². The summed E-state index contributed by atoms with van der Waals surface area (Å²) in [5, 5.41) is 26.6. The van der Waals surface area contributed by atoms with Crippen LogP contribution in [-0.2, 0) is 4.79 Å². The SMILES string of the molecule is Cc1cccc(NC(=O)/C(C#N)=C\Nc2cccc3c(O)cccc23)c1C. The third-order valence-electron chi connectivity index (χ3n) is 4.49. The Balaban J connectivity index is 1.85. The molecule has 0 unspecified atom stereocenters. The van der Waals surface area contributed by atoms with Crippen molar-refractivity contribution in [3.05, 3.63) is 77.5 Å². The lowest BCUT2D eigenvalue weighted by Gasteiger charge is -2.10. The maximum Gasteiger partial charge on any atom is 0.267 e. The summed E-state index contributed by atoms with van der Waals surface area (Å²) in [6.45, 7) is 3.88. The quantitative estimate of drug-likeness (QED) is 0.470. The van der Waals surface area contributed by atoms with Gasteiger partial charge in [0.15, 0.2) is 0 Å². The number of nitrogens with one attached hydrogen (secondary N) is 2. The topological polar surface area (TPSA) is 85.2 Å². The highest BCUT2D eigenvalue weighted by Gasteiger charge is 2.12. The van der Waals surface area contributed by atoms with Gasteiger partial charge in [0, 0.05) is 28.3 Å². The summed E-state index contributed by atoms with van der Waals surface area (Å²) in [6.07, 6.45) is 1.37. The Labute approximate surface area is 157 Å². The van der Waals surface area contributed by atoms with Crippen LogP contribution in [0, 0.1) is 25.2 Å². The van der Waals surface area contributed by atoms with E-state index in [4.69, 9.17) is 0 Å². The number of carbonyl (C=O) groups excluding carboxylic acids is 1. The monoisotopic (exact) mass is 357 g/mol. The number of phenolic OH excluding ortho intramolecular Hbond substituents is 1. The minimum atomic E-state index is -0.484. The summed E-state index contributed by atoms with van der Waals surface area (Å²) in [5.41, 5.74) is 3.34. The van der Waals surface area contributed by atoms with Gasteiger partial charge >= 0.3 is 0 Å². The molecule has 0 heterocycles. The molecule has 5 nitrogen and oxygen atoms in total. The lowest BCUT2D eigenvalue weighted by molar-refractivity contribution is -0.112. The molecule has 134 valence electrons. The molecule has 1 amide bonds. The average molecular weight is 357 g/mol. The normalized spacial score (nSPS) is 11.1. The fourth-order valence-electron chi connectivity index (χ4n) is 2.79. The van der Waals surface area contributed by atoms with Crippen LogP contribution in [0.4, 0.5) is 11.4 Å². The Morgan fingerprint density at radius 1 is 1.00 bits per heavy atom. The second kappa shape index (κ2) is 7.63. The number of hydrogen-bond donors (Lipinski definition) is 3. The average Bonchev–Trinajstić information content (AvgIpc) is 2.66. The number of rotatable bonds is 4. The van der Waals surface area contributed by atoms with Crippen LogP contribution in [-0.4, -0.2) is 11.0 Å². The summed E-state index contributed by atoms with van der Waals surface area (Å²) in [5.74, 6) is -0.310. The molecule has 3 aromatic carbocycles. The Morgan fingerprint density at radius 2 is 1.67 bits per heavy atom. The number of phenols is 1. The molecule has 0 radical (unpaired) electrons. The molecule has 0 bridgehead atoms. The number of aromatic hydroxyl groups is 1. The predicted octanol–water partition coefficient (Wildman–Crippen LogP) is 4.62. The largest absolute Gasteiger partial charge is 0.507 e. The number of anilines is 2. The first-order chi connectivity index (χ1) is 13.0. The fourth-order valence-corrected chi connectivity index (χ4v) is 2.79. The van der Waals surface area contributed by atoms with Gasteiger partial charge in [0.05, 0.1) is 0 Å². The summed E-state index contributed by atoms with van der Waals surface area (Å²) in [6, 6.07) is 18.2. The van der Waals surface area contributed by atoms with Gasteiger partial charge in [0.25, 0.3) is 5.91 Å². The standard InChI is InChI=1S/C22H19N3O2/c1-14-6-3-9-19(15(14)2)25-22(27)16(12-23)13-24-20-10-4-8-18-17(20)7-5-11-21(18)26/h3-11,13,24,26H,1-2H3,(H,25,27)/b16-13-. The second-order valence-electron chi connectivity index (χ2n) is 6.19. The van der Waals surface area contributed by atoms with Crippen LogP contribution in [0.5, 0.6) is 5.75 Å². The molecule has 3 rings (SSSR count). The van der Waals surface area contributed by atoms with E-state index in [0.29, 0.717) is 16.8 Å². The van der Waals surface area contributed by atoms with Crippen LogP contribution < -0.4 is 10.6 Å². The highest BCUT2D eigenvalue weighted by molar-refractivity contribution is 6.07. The van der Waals surface area contributed by atoms with Gasteiger partial charge in [0.2, 0.25) is 0 Å². The molecule has 0 aliphatic carbocycles. The molecule has 0 saturated heterocycles. The first kappa shape index (κ1) is 18.0. The number of fused-ring (bicyclic) bond motifs is 1. The molecule has 0 saturated carbocycles. The van der Waals surface area contributed by atoms with Crippen molar-refractivity contribution in [1.82, 2.24) is 0 Å². The highest BCUT2D eigenvalue weighted by Crippen LogP contribution is 2.29. The molecule has 0 spiro atoms.